The highest BCUT2D eigenvalue weighted by Crippen LogP contribution is 2.01. The van der Waals surface area contributed by atoms with Gasteiger partial charge in [-0.15, -0.1) is 11.6 Å². The number of halogens is 1. The Morgan fingerprint density at radius 3 is 3.10 bits per heavy atom. The Kier molecular flexibility index (Phi) is 2.77. The lowest BCUT2D eigenvalue weighted by Gasteiger charge is -1.87. The van der Waals surface area contributed by atoms with Gasteiger partial charge in [0, 0.05) is 0 Å². The first kappa shape index (κ1) is 7.63. The summed E-state index contributed by atoms with van der Waals surface area (Å²) in [6.45, 7) is 0. The van der Waals surface area contributed by atoms with Crippen LogP contribution in [-0.2, 0) is 11.2 Å². The molecule has 0 bridgehead atoms. The SMILES string of the molecule is O=C(CCl)Cc1ncns1. The van der Waals surface area contributed by atoms with Gasteiger partial charge in [0.15, 0.2) is 5.78 Å². The maximum atomic E-state index is 10.7. The summed E-state index contributed by atoms with van der Waals surface area (Å²) < 4.78 is 3.74. The van der Waals surface area contributed by atoms with Crippen LogP contribution in [0.15, 0.2) is 6.33 Å². The molecule has 0 aromatic carbocycles. The summed E-state index contributed by atoms with van der Waals surface area (Å²) in [7, 11) is 0. The smallest absolute Gasteiger partial charge is 0.154 e. The second kappa shape index (κ2) is 3.63. The predicted octanol–water partition coefficient (Wildman–Crippen LogP) is 0.889. The van der Waals surface area contributed by atoms with Gasteiger partial charge in [0.1, 0.15) is 11.3 Å². The van der Waals surface area contributed by atoms with Crippen LogP contribution >= 0.6 is 23.1 Å². The minimum atomic E-state index is -0.0154. The zero-order valence-electron chi connectivity index (χ0n) is 5.08. The Bertz CT molecular complexity index is 211. The second-order valence-electron chi connectivity index (χ2n) is 1.68. The summed E-state index contributed by atoms with van der Waals surface area (Å²) in [5.41, 5.74) is 0. The Morgan fingerprint density at radius 2 is 2.60 bits per heavy atom. The Morgan fingerprint density at radius 1 is 1.80 bits per heavy atom. The fourth-order valence-corrected chi connectivity index (χ4v) is 1.12. The molecule has 1 rings (SSSR count). The first-order chi connectivity index (χ1) is 4.83. The van der Waals surface area contributed by atoms with Gasteiger partial charge in [-0.3, -0.25) is 4.79 Å². The van der Waals surface area contributed by atoms with E-state index in [1.54, 1.807) is 0 Å². The van der Waals surface area contributed by atoms with Crippen LogP contribution in [0.3, 0.4) is 0 Å². The second-order valence-corrected chi connectivity index (χ2v) is 2.82. The molecule has 0 atom stereocenters. The molecule has 0 aliphatic rings. The van der Waals surface area contributed by atoms with Gasteiger partial charge in [-0.2, -0.15) is 4.37 Å². The van der Waals surface area contributed by atoms with Gasteiger partial charge in [0.25, 0.3) is 0 Å². The lowest BCUT2D eigenvalue weighted by molar-refractivity contribution is -0.116. The average molecular weight is 177 g/mol. The first-order valence-corrected chi connectivity index (χ1v) is 3.97. The van der Waals surface area contributed by atoms with Gasteiger partial charge >= 0.3 is 0 Å². The fourth-order valence-electron chi connectivity index (χ4n) is 0.490. The Labute approximate surface area is 67.2 Å². The minimum absolute atomic E-state index is 0.0154. The highest BCUT2D eigenvalue weighted by Gasteiger charge is 2.03. The summed E-state index contributed by atoms with van der Waals surface area (Å²) in [5, 5.41) is 0.727. The summed E-state index contributed by atoms with van der Waals surface area (Å²) in [4.78, 5) is 14.5. The molecular weight excluding hydrogens is 172 g/mol. The molecule has 1 aromatic rings. The normalized spacial score (nSPS) is 9.70. The maximum absolute atomic E-state index is 10.7. The molecule has 1 heterocycles. The quantitative estimate of drug-likeness (QED) is 0.643. The van der Waals surface area contributed by atoms with E-state index < -0.39 is 0 Å². The van der Waals surface area contributed by atoms with Crippen molar-refractivity contribution in [2.45, 2.75) is 6.42 Å². The van der Waals surface area contributed by atoms with Crippen molar-refractivity contribution in [1.82, 2.24) is 9.36 Å². The van der Waals surface area contributed by atoms with Crippen molar-refractivity contribution in [3.63, 3.8) is 0 Å². The van der Waals surface area contributed by atoms with Crippen molar-refractivity contribution in [2.24, 2.45) is 0 Å². The zero-order valence-corrected chi connectivity index (χ0v) is 6.65. The number of rotatable bonds is 3. The molecule has 0 amide bonds. The van der Waals surface area contributed by atoms with Crippen molar-refractivity contribution in [1.29, 1.82) is 0 Å². The predicted molar refractivity (Wildman–Crippen MR) is 39.3 cm³/mol. The van der Waals surface area contributed by atoms with Gasteiger partial charge in [0.2, 0.25) is 0 Å². The molecule has 10 heavy (non-hydrogen) atoms. The van der Waals surface area contributed by atoms with Crippen molar-refractivity contribution < 1.29 is 4.79 Å². The lowest BCUT2D eigenvalue weighted by atomic mass is 10.3. The van der Waals surface area contributed by atoms with Crippen molar-refractivity contribution >= 4 is 28.9 Å². The third-order valence-corrected chi connectivity index (χ3v) is 1.86. The summed E-state index contributed by atoms with van der Waals surface area (Å²) in [5.74, 6) is 0.0398. The molecule has 54 valence electrons. The molecule has 0 radical (unpaired) electrons. The number of carbonyl (C=O) groups is 1. The van der Waals surface area contributed by atoms with Crippen molar-refractivity contribution in [3.05, 3.63) is 11.3 Å². The van der Waals surface area contributed by atoms with Crippen LogP contribution in [-0.4, -0.2) is 21.0 Å². The van der Waals surface area contributed by atoms with Gasteiger partial charge in [-0.25, -0.2) is 4.98 Å². The number of hydrogen-bond acceptors (Lipinski definition) is 4. The summed E-state index contributed by atoms with van der Waals surface area (Å²) >= 11 is 6.50. The van der Waals surface area contributed by atoms with Crippen LogP contribution in [0.2, 0.25) is 0 Å². The number of nitrogens with zero attached hydrogens (tertiary/aromatic N) is 2. The van der Waals surface area contributed by atoms with Crippen LogP contribution in [0.4, 0.5) is 0 Å². The van der Waals surface area contributed by atoms with Crippen LogP contribution < -0.4 is 0 Å². The molecule has 0 saturated carbocycles. The number of ketones is 1. The number of Topliss-reactive ketones (excluding diaryl/α,β-unsaturated/α-hetero) is 1. The monoisotopic (exact) mass is 176 g/mol. The number of alkyl halides is 1. The van der Waals surface area contributed by atoms with E-state index in [2.05, 4.69) is 9.36 Å². The van der Waals surface area contributed by atoms with Gasteiger partial charge in [-0.05, 0) is 11.5 Å². The molecule has 0 spiro atoms. The van der Waals surface area contributed by atoms with Crippen LogP contribution in [0, 0.1) is 0 Å². The minimum Gasteiger partial charge on any atom is -0.298 e. The van der Waals surface area contributed by atoms with E-state index in [9.17, 15) is 4.79 Å². The molecular formula is C5H5ClN2OS. The van der Waals surface area contributed by atoms with Gasteiger partial charge in [-0.1, -0.05) is 0 Å². The number of aromatic nitrogens is 2. The highest BCUT2D eigenvalue weighted by molar-refractivity contribution is 7.05. The van der Waals surface area contributed by atoms with Crippen LogP contribution in [0.25, 0.3) is 0 Å². The number of hydrogen-bond donors (Lipinski definition) is 0. The van der Waals surface area contributed by atoms with Crippen molar-refractivity contribution in [3.8, 4) is 0 Å². The first-order valence-electron chi connectivity index (χ1n) is 2.66. The van der Waals surface area contributed by atoms with Crippen LogP contribution in [0.1, 0.15) is 5.01 Å². The van der Waals surface area contributed by atoms with Crippen molar-refractivity contribution in [2.75, 3.05) is 5.88 Å². The molecule has 0 saturated heterocycles. The standard InChI is InChI=1S/C5H5ClN2OS/c6-2-4(9)1-5-7-3-8-10-5/h3H,1-2H2. The van der Waals surface area contributed by atoms with E-state index in [1.165, 1.54) is 17.9 Å². The third kappa shape index (κ3) is 2.04. The maximum Gasteiger partial charge on any atom is 0.154 e. The molecule has 0 unspecified atom stereocenters. The summed E-state index contributed by atoms with van der Waals surface area (Å²) in [6, 6.07) is 0. The molecule has 1 aromatic heterocycles. The van der Waals surface area contributed by atoms with E-state index in [0.29, 0.717) is 6.42 Å². The van der Waals surface area contributed by atoms with E-state index in [-0.39, 0.29) is 11.7 Å². The largest absolute Gasteiger partial charge is 0.298 e. The van der Waals surface area contributed by atoms with E-state index >= 15 is 0 Å². The number of carbonyl (C=O) groups excluding carboxylic acids is 1. The van der Waals surface area contributed by atoms with E-state index in [1.807, 2.05) is 0 Å². The molecule has 0 N–H and O–H groups in total. The lowest BCUT2D eigenvalue weighted by Crippen LogP contribution is -2.02. The zero-order chi connectivity index (χ0) is 7.40. The molecule has 0 fully saturated rings. The van der Waals surface area contributed by atoms with E-state index in [0.717, 1.165) is 5.01 Å². The molecule has 0 aliphatic carbocycles. The van der Waals surface area contributed by atoms with E-state index in [4.69, 9.17) is 11.6 Å². The molecule has 3 nitrogen and oxygen atoms in total. The highest BCUT2D eigenvalue weighted by atomic mass is 35.5. The Balaban J connectivity index is 2.48. The Hall–Kier alpha value is -0.480. The summed E-state index contributed by atoms with van der Waals surface area (Å²) in [6.07, 6.45) is 1.75. The van der Waals surface area contributed by atoms with Gasteiger partial charge in [0.05, 0.1) is 12.3 Å². The average Bonchev–Trinajstić information content (AvgIpc) is 2.40. The molecule has 5 heteroatoms. The topological polar surface area (TPSA) is 42.9 Å². The fraction of sp³-hybridized carbons (Fsp3) is 0.400. The van der Waals surface area contributed by atoms with Crippen LogP contribution in [0.5, 0.6) is 0 Å². The van der Waals surface area contributed by atoms with Gasteiger partial charge < -0.3 is 0 Å². The third-order valence-electron chi connectivity index (χ3n) is 0.904. The molecule has 0 aliphatic heterocycles.